The first-order valence-corrected chi connectivity index (χ1v) is 11.1. The zero-order valence-electron chi connectivity index (χ0n) is 19.7. The van der Waals surface area contributed by atoms with Gasteiger partial charge < -0.3 is 24.1 Å². The molecule has 0 unspecified atom stereocenters. The van der Waals surface area contributed by atoms with Crippen LogP contribution in [0.25, 0.3) is 22.6 Å². The number of amides is 1. The van der Waals surface area contributed by atoms with E-state index in [0.29, 0.717) is 35.1 Å². The molecule has 1 aromatic carbocycles. The van der Waals surface area contributed by atoms with Crippen LogP contribution in [-0.2, 0) is 14.3 Å². The molecular weight excluding hydrogens is 441 g/mol. The first kappa shape index (κ1) is 23.8. The Morgan fingerprint density at radius 2 is 1.91 bits per heavy atom. The number of hydrogen-bond donors (Lipinski definition) is 1. The average molecular weight is 470 g/mol. The van der Waals surface area contributed by atoms with Crippen molar-refractivity contribution in [2.45, 2.75) is 26.6 Å². The fourth-order valence-electron chi connectivity index (χ4n) is 3.68. The number of carbonyl (C=O) groups is 1. The van der Waals surface area contributed by atoms with Gasteiger partial charge in [-0.15, -0.1) is 0 Å². The monoisotopic (exact) mass is 469 g/mol. The number of aromatic nitrogens is 4. The van der Waals surface area contributed by atoms with Gasteiger partial charge in [0.25, 0.3) is 0 Å². The van der Waals surface area contributed by atoms with Gasteiger partial charge in [0.15, 0.2) is 5.82 Å². The highest BCUT2D eigenvalue weighted by atomic mass is 19.1. The second-order valence-electron chi connectivity index (χ2n) is 8.64. The van der Waals surface area contributed by atoms with Gasteiger partial charge in [-0.1, -0.05) is 6.92 Å². The number of nitrogens with zero attached hydrogens (tertiary/aromatic N) is 4. The largest absolute Gasteiger partial charge is 0.463 e. The minimum absolute atomic E-state index is 0.0707. The molecule has 10 heteroatoms. The molecule has 0 aliphatic carbocycles. The van der Waals surface area contributed by atoms with Gasteiger partial charge in [-0.25, -0.2) is 14.4 Å². The van der Waals surface area contributed by atoms with Crippen LogP contribution in [0.1, 0.15) is 32.4 Å². The highest BCUT2D eigenvalue weighted by molar-refractivity contribution is 5.82. The van der Waals surface area contributed by atoms with E-state index in [-0.39, 0.29) is 30.9 Å². The zero-order valence-corrected chi connectivity index (χ0v) is 19.7. The van der Waals surface area contributed by atoms with Gasteiger partial charge in [-0.2, -0.15) is 4.98 Å². The number of benzene rings is 1. The number of imidazole rings is 1. The maximum absolute atomic E-state index is 13.6. The predicted octanol–water partition coefficient (Wildman–Crippen LogP) is 3.60. The number of hydrogen-bond acceptors (Lipinski definition) is 7. The fourth-order valence-corrected chi connectivity index (χ4v) is 3.68. The van der Waals surface area contributed by atoms with Crippen molar-refractivity contribution in [2.24, 2.45) is 5.41 Å². The summed E-state index contributed by atoms with van der Waals surface area (Å²) in [7, 11) is 3.40. The number of rotatable bonds is 7. The third-order valence-corrected chi connectivity index (χ3v) is 5.42. The van der Waals surface area contributed by atoms with E-state index < -0.39 is 11.7 Å². The average Bonchev–Trinajstić information content (AvgIpc) is 3.29. The Hall–Kier alpha value is -3.37. The lowest BCUT2D eigenvalue weighted by Gasteiger charge is -2.36. The molecule has 1 aliphatic heterocycles. The second kappa shape index (κ2) is 9.86. The Bertz CT molecular complexity index is 1140. The summed E-state index contributed by atoms with van der Waals surface area (Å²) in [6.45, 7) is 4.66. The van der Waals surface area contributed by atoms with Crippen LogP contribution in [0, 0.1) is 11.2 Å². The summed E-state index contributed by atoms with van der Waals surface area (Å²) in [5.74, 6) is 0.00383. The molecule has 2 aromatic heterocycles. The third-order valence-electron chi connectivity index (χ3n) is 5.42. The topological polar surface area (TPSA) is 102 Å². The maximum atomic E-state index is 13.6. The number of carbonyl (C=O) groups excluding carboxylic acids is 1. The number of H-pyrrole nitrogens is 1. The molecule has 180 valence electrons. The second-order valence-corrected chi connectivity index (χ2v) is 8.64. The summed E-state index contributed by atoms with van der Waals surface area (Å²) in [5, 5.41) is 0. The van der Waals surface area contributed by atoms with Crippen LogP contribution < -0.4 is 4.74 Å². The number of halogens is 1. The normalized spacial score (nSPS) is 20.2. The quantitative estimate of drug-likeness (QED) is 0.564. The van der Waals surface area contributed by atoms with Crippen LogP contribution in [0.15, 0.2) is 36.5 Å². The number of nitrogens with one attached hydrogen (secondary N) is 1. The predicted molar refractivity (Wildman–Crippen MR) is 122 cm³/mol. The molecule has 3 heterocycles. The number of aromatic amines is 1. The lowest BCUT2D eigenvalue weighted by Crippen LogP contribution is -2.48. The van der Waals surface area contributed by atoms with E-state index in [4.69, 9.17) is 19.2 Å². The molecule has 4 rings (SSSR count). The molecular formula is C24H28FN5O4. The molecule has 1 fully saturated rings. The van der Waals surface area contributed by atoms with E-state index in [9.17, 15) is 9.18 Å². The van der Waals surface area contributed by atoms with Gasteiger partial charge in [0.05, 0.1) is 42.3 Å². The Balaban J connectivity index is 1.67. The van der Waals surface area contributed by atoms with Crippen molar-refractivity contribution in [2.75, 3.05) is 33.9 Å². The summed E-state index contributed by atoms with van der Waals surface area (Å²) in [6.07, 6.45) is 1.64. The highest BCUT2D eigenvalue weighted by Gasteiger charge is 2.41. The van der Waals surface area contributed by atoms with Crippen LogP contribution in [0.3, 0.4) is 0 Å². The molecule has 0 atom stereocenters. The van der Waals surface area contributed by atoms with Crippen LogP contribution in [0.4, 0.5) is 4.39 Å². The van der Waals surface area contributed by atoms with Gasteiger partial charge in [0, 0.05) is 25.9 Å². The molecule has 34 heavy (non-hydrogen) atoms. The van der Waals surface area contributed by atoms with Crippen molar-refractivity contribution in [3.63, 3.8) is 0 Å². The lowest BCUT2D eigenvalue weighted by molar-refractivity contribution is -0.233. The van der Waals surface area contributed by atoms with Crippen LogP contribution >= 0.6 is 0 Å². The van der Waals surface area contributed by atoms with Gasteiger partial charge in [-0.3, -0.25) is 4.79 Å². The van der Waals surface area contributed by atoms with Crippen molar-refractivity contribution in [3.05, 3.63) is 48.2 Å². The van der Waals surface area contributed by atoms with Crippen molar-refractivity contribution in [1.29, 1.82) is 0 Å². The van der Waals surface area contributed by atoms with Gasteiger partial charge in [0.1, 0.15) is 5.82 Å². The Kier molecular flexibility index (Phi) is 6.90. The van der Waals surface area contributed by atoms with Crippen molar-refractivity contribution in [1.82, 2.24) is 24.8 Å². The molecule has 1 amide bonds. The molecule has 0 radical (unpaired) electrons. The SMILES string of the molecule is CCCOc1nccc(-c2[nH]c(C3OCC(C)(C(=O)N(C)C)CO3)nc2-c2ccc(F)cc2)n1. The Morgan fingerprint density at radius 1 is 1.21 bits per heavy atom. The Labute approximate surface area is 197 Å². The molecule has 0 spiro atoms. The van der Waals surface area contributed by atoms with Crippen molar-refractivity contribution in [3.8, 4) is 28.7 Å². The Morgan fingerprint density at radius 3 is 2.56 bits per heavy atom. The smallest absolute Gasteiger partial charge is 0.316 e. The van der Waals surface area contributed by atoms with E-state index >= 15 is 0 Å². The van der Waals surface area contributed by atoms with Crippen molar-refractivity contribution >= 4 is 5.91 Å². The minimum atomic E-state index is -0.798. The first-order chi connectivity index (χ1) is 16.3. The van der Waals surface area contributed by atoms with Gasteiger partial charge in [-0.05, 0) is 43.7 Å². The standard InChI is InChI=1S/C24H28FN5O4/c1-5-12-32-23-26-11-10-17(27-23)19-18(15-6-8-16(25)9-7-15)28-20(29-19)21-33-13-24(2,14-34-21)22(31)30(3)4/h6-11,21H,5,12-14H2,1-4H3,(H,28,29). The number of ether oxygens (including phenoxy) is 3. The first-order valence-electron chi connectivity index (χ1n) is 11.1. The molecule has 0 saturated carbocycles. The fraction of sp³-hybridized carbons (Fsp3) is 0.417. The zero-order chi connectivity index (χ0) is 24.3. The molecule has 1 aliphatic rings. The lowest BCUT2D eigenvalue weighted by atomic mass is 9.90. The van der Waals surface area contributed by atoms with Crippen molar-refractivity contribution < 1.29 is 23.4 Å². The van der Waals surface area contributed by atoms with E-state index in [2.05, 4.69) is 15.0 Å². The van der Waals surface area contributed by atoms with E-state index in [1.807, 2.05) is 13.8 Å². The molecule has 0 bridgehead atoms. The van der Waals surface area contributed by atoms with E-state index in [0.717, 1.165) is 6.42 Å². The van der Waals surface area contributed by atoms with Gasteiger partial charge in [0.2, 0.25) is 12.2 Å². The van der Waals surface area contributed by atoms with Crippen LogP contribution in [-0.4, -0.2) is 64.7 Å². The maximum Gasteiger partial charge on any atom is 0.316 e. The van der Waals surface area contributed by atoms with Gasteiger partial charge >= 0.3 is 6.01 Å². The molecule has 1 N–H and O–H groups in total. The molecule has 1 saturated heterocycles. The van der Waals surface area contributed by atoms with Crippen LogP contribution in [0.2, 0.25) is 0 Å². The summed E-state index contributed by atoms with van der Waals surface area (Å²) in [4.78, 5) is 30.6. The highest BCUT2D eigenvalue weighted by Crippen LogP contribution is 2.36. The molecule has 9 nitrogen and oxygen atoms in total. The third kappa shape index (κ3) is 4.92. The van der Waals surface area contributed by atoms with Crippen LogP contribution in [0.5, 0.6) is 6.01 Å². The molecule has 3 aromatic rings. The summed E-state index contributed by atoms with van der Waals surface area (Å²) in [5.41, 5.74) is 1.61. The summed E-state index contributed by atoms with van der Waals surface area (Å²) in [6, 6.07) is 8.01. The summed E-state index contributed by atoms with van der Waals surface area (Å²) < 4.78 is 30.9. The summed E-state index contributed by atoms with van der Waals surface area (Å²) >= 11 is 0. The van der Waals surface area contributed by atoms with E-state index in [1.54, 1.807) is 38.5 Å². The van der Waals surface area contributed by atoms with E-state index in [1.165, 1.54) is 17.0 Å². The minimum Gasteiger partial charge on any atom is -0.463 e.